The Morgan fingerprint density at radius 2 is 2.00 bits per heavy atom. The van der Waals surface area contributed by atoms with Crippen LogP contribution in [0.3, 0.4) is 0 Å². The van der Waals surface area contributed by atoms with E-state index in [4.69, 9.17) is 0 Å². The fourth-order valence-corrected chi connectivity index (χ4v) is 2.45. The number of para-hydroxylation sites is 1. The van der Waals surface area contributed by atoms with Crippen molar-refractivity contribution in [3.8, 4) is 0 Å². The van der Waals surface area contributed by atoms with Crippen molar-refractivity contribution in [3.63, 3.8) is 0 Å². The van der Waals surface area contributed by atoms with Crippen molar-refractivity contribution in [2.45, 2.75) is 6.42 Å². The zero-order valence-electron chi connectivity index (χ0n) is 10.2. The molecule has 0 spiro atoms. The van der Waals surface area contributed by atoms with Crippen LogP contribution in [0.4, 0.5) is 0 Å². The Morgan fingerprint density at radius 3 is 2.95 bits per heavy atom. The third-order valence-electron chi connectivity index (χ3n) is 3.37. The molecule has 19 heavy (non-hydrogen) atoms. The lowest BCUT2D eigenvalue weighted by Crippen LogP contribution is -1.88. The van der Waals surface area contributed by atoms with E-state index in [1.807, 2.05) is 12.1 Å². The first-order valence-electron chi connectivity index (χ1n) is 6.24. The number of pyridine rings is 1. The minimum Gasteiger partial charge on any atom is -0.361 e. The van der Waals surface area contributed by atoms with Gasteiger partial charge in [0.15, 0.2) is 0 Å². The van der Waals surface area contributed by atoms with Gasteiger partial charge in [-0.05, 0) is 17.7 Å². The van der Waals surface area contributed by atoms with E-state index in [0.29, 0.717) is 0 Å². The zero-order valence-corrected chi connectivity index (χ0v) is 10.2. The van der Waals surface area contributed by atoms with Gasteiger partial charge in [0.25, 0.3) is 0 Å². The molecule has 3 heterocycles. The second-order valence-electron chi connectivity index (χ2n) is 4.61. The number of aromatic amines is 2. The smallest absolute Gasteiger partial charge is 0.111 e. The van der Waals surface area contributed by atoms with E-state index in [9.17, 15) is 0 Å². The number of fused-ring (bicyclic) bond motifs is 2. The van der Waals surface area contributed by atoms with Gasteiger partial charge in [0.1, 0.15) is 11.3 Å². The Labute approximate surface area is 109 Å². The maximum absolute atomic E-state index is 4.56. The summed E-state index contributed by atoms with van der Waals surface area (Å²) in [5.41, 5.74) is 4.36. The molecule has 0 saturated heterocycles. The third-order valence-corrected chi connectivity index (χ3v) is 3.37. The highest BCUT2D eigenvalue weighted by molar-refractivity contribution is 5.83. The standard InChI is InChI=1S/C15H12N4/c1-2-4-12-11(3-1)10(8-17-12)7-15-18-13-5-6-16-9-14(13)19-15/h1-6,8-9,17H,7H2,(H,18,19). The minimum absolute atomic E-state index is 0.790. The van der Waals surface area contributed by atoms with Gasteiger partial charge in [-0.2, -0.15) is 0 Å². The summed E-state index contributed by atoms with van der Waals surface area (Å²) in [4.78, 5) is 15.3. The van der Waals surface area contributed by atoms with Crippen molar-refractivity contribution in [2.75, 3.05) is 0 Å². The number of aromatic nitrogens is 4. The second kappa shape index (κ2) is 3.95. The Morgan fingerprint density at radius 1 is 1.05 bits per heavy atom. The van der Waals surface area contributed by atoms with E-state index < -0.39 is 0 Å². The highest BCUT2D eigenvalue weighted by Crippen LogP contribution is 2.20. The Bertz CT molecular complexity index is 823. The molecule has 0 unspecified atom stereocenters. The van der Waals surface area contributed by atoms with Crippen LogP contribution in [-0.2, 0) is 6.42 Å². The maximum atomic E-state index is 4.56. The summed E-state index contributed by atoms with van der Waals surface area (Å²) < 4.78 is 0. The van der Waals surface area contributed by atoms with Crippen LogP contribution in [0.15, 0.2) is 48.9 Å². The van der Waals surface area contributed by atoms with Crippen LogP contribution in [0.5, 0.6) is 0 Å². The topological polar surface area (TPSA) is 57.4 Å². The monoisotopic (exact) mass is 248 g/mol. The molecule has 0 aliphatic carbocycles. The van der Waals surface area contributed by atoms with Gasteiger partial charge in [0.2, 0.25) is 0 Å². The minimum atomic E-state index is 0.790. The molecule has 0 aliphatic heterocycles. The van der Waals surface area contributed by atoms with Crippen LogP contribution < -0.4 is 0 Å². The number of hydrogen-bond acceptors (Lipinski definition) is 2. The number of nitrogens with one attached hydrogen (secondary N) is 2. The van der Waals surface area contributed by atoms with E-state index >= 15 is 0 Å². The van der Waals surface area contributed by atoms with Gasteiger partial charge < -0.3 is 9.97 Å². The first-order chi connectivity index (χ1) is 9.40. The van der Waals surface area contributed by atoms with Crippen LogP contribution in [0.1, 0.15) is 11.4 Å². The van der Waals surface area contributed by atoms with Crippen molar-refractivity contribution < 1.29 is 0 Å². The summed E-state index contributed by atoms with van der Waals surface area (Å²) in [5, 5.41) is 1.25. The van der Waals surface area contributed by atoms with E-state index in [1.165, 1.54) is 10.9 Å². The molecule has 1 aromatic carbocycles. The van der Waals surface area contributed by atoms with E-state index in [2.05, 4.69) is 44.3 Å². The van der Waals surface area contributed by atoms with Gasteiger partial charge in [0.05, 0.1) is 11.7 Å². The lowest BCUT2D eigenvalue weighted by molar-refractivity contribution is 1.05. The number of hydrogen-bond donors (Lipinski definition) is 2. The summed E-state index contributed by atoms with van der Waals surface area (Å²) in [6.45, 7) is 0. The quantitative estimate of drug-likeness (QED) is 0.573. The van der Waals surface area contributed by atoms with E-state index in [-0.39, 0.29) is 0 Å². The SMILES string of the molecule is c1ccc2c(Cc3nc4cnccc4[nH]3)c[nH]c2c1. The molecule has 0 radical (unpaired) electrons. The first-order valence-corrected chi connectivity index (χ1v) is 6.24. The molecule has 0 saturated carbocycles. The molecule has 4 rings (SSSR count). The third kappa shape index (κ3) is 1.69. The van der Waals surface area contributed by atoms with Crippen molar-refractivity contribution >= 4 is 21.9 Å². The van der Waals surface area contributed by atoms with Crippen LogP contribution in [-0.4, -0.2) is 19.9 Å². The summed E-state index contributed by atoms with van der Waals surface area (Å²) >= 11 is 0. The van der Waals surface area contributed by atoms with Crippen LogP contribution in [0, 0.1) is 0 Å². The number of benzene rings is 1. The Kier molecular flexibility index (Phi) is 2.14. The molecule has 0 fully saturated rings. The summed E-state index contributed by atoms with van der Waals surface area (Å²) in [7, 11) is 0. The molecular weight excluding hydrogens is 236 g/mol. The molecule has 92 valence electrons. The number of nitrogens with zero attached hydrogens (tertiary/aromatic N) is 2. The van der Waals surface area contributed by atoms with Crippen molar-refractivity contribution in [1.29, 1.82) is 0 Å². The Hall–Kier alpha value is -2.62. The molecule has 0 amide bonds. The van der Waals surface area contributed by atoms with Gasteiger partial charge in [-0.3, -0.25) is 4.98 Å². The molecule has 4 aromatic rings. The molecular formula is C15H12N4. The predicted octanol–water partition coefficient (Wildman–Crippen LogP) is 3.03. The predicted molar refractivity (Wildman–Crippen MR) is 75.0 cm³/mol. The summed E-state index contributed by atoms with van der Waals surface area (Å²) in [6, 6.07) is 10.3. The Balaban J connectivity index is 1.78. The number of imidazole rings is 1. The van der Waals surface area contributed by atoms with Crippen LogP contribution in [0.2, 0.25) is 0 Å². The van der Waals surface area contributed by atoms with E-state index in [0.717, 1.165) is 28.8 Å². The molecule has 4 nitrogen and oxygen atoms in total. The van der Waals surface area contributed by atoms with E-state index in [1.54, 1.807) is 12.4 Å². The van der Waals surface area contributed by atoms with Crippen molar-refractivity contribution in [1.82, 2.24) is 19.9 Å². The zero-order chi connectivity index (χ0) is 12.7. The van der Waals surface area contributed by atoms with Crippen LogP contribution >= 0.6 is 0 Å². The van der Waals surface area contributed by atoms with Gasteiger partial charge >= 0.3 is 0 Å². The average molecular weight is 248 g/mol. The highest BCUT2D eigenvalue weighted by atomic mass is 14.9. The molecule has 3 aromatic heterocycles. The number of H-pyrrole nitrogens is 2. The van der Waals surface area contributed by atoms with Gasteiger partial charge in [-0.25, -0.2) is 4.98 Å². The van der Waals surface area contributed by atoms with Gasteiger partial charge in [-0.1, -0.05) is 18.2 Å². The second-order valence-corrected chi connectivity index (χ2v) is 4.61. The molecule has 0 atom stereocenters. The van der Waals surface area contributed by atoms with Gasteiger partial charge in [-0.15, -0.1) is 0 Å². The molecule has 0 bridgehead atoms. The number of rotatable bonds is 2. The normalized spacial score (nSPS) is 11.4. The van der Waals surface area contributed by atoms with Crippen molar-refractivity contribution in [2.24, 2.45) is 0 Å². The summed E-state index contributed by atoms with van der Waals surface area (Å²) in [6.07, 6.45) is 6.40. The van der Waals surface area contributed by atoms with Crippen molar-refractivity contribution in [3.05, 3.63) is 60.3 Å². The van der Waals surface area contributed by atoms with Crippen LogP contribution in [0.25, 0.3) is 21.9 Å². The maximum Gasteiger partial charge on any atom is 0.111 e. The van der Waals surface area contributed by atoms with Gasteiger partial charge in [0, 0.05) is 29.7 Å². The lowest BCUT2D eigenvalue weighted by atomic mass is 10.1. The molecule has 4 heteroatoms. The largest absolute Gasteiger partial charge is 0.361 e. The molecule has 2 N–H and O–H groups in total. The fourth-order valence-electron chi connectivity index (χ4n) is 2.45. The first kappa shape index (κ1) is 10.3. The fraction of sp³-hybridized carbons (Fsp3) is 0.0667. The average Bonchev–Trinajstić information content (AvgIpc) is 3.03. The summed E-state index contributed by atoms with van der Waals surface area (Å²) in [5.74, 6) is 0.966. The molecule has 0 aliphatic rings. The lowest BCUT2D eigenvalue weighted by Gasteiger charge is -1.95. The highest BCUT2D eigenvalue weighted by Gasteiger charge is 2.07.